The van der Waals surface area contributed by atoms with Crippen LogP contribution in [0, 0.1) is 0 Å². The van der Waals surface area contributed by atoms with Crippen molar-refractivity contribution in [1.29, 1.82) is 0 Å². The molecule has 0 aromatic heterocycles. The van der Waals surface area contributed by atoms with Crippen LogP contribution in [0.5, 0.6) is 5.75 Å². The molecule has 2 aromatic carbocycles. The zero-order valence-corrected chi connectivity index (χ0v) is 14.5. The molecular formula is C19H21N3OS. The van der Waals surface area contributed by atoms with Crippen LogP contribution < -0.4 is 15.5 Å². The van der Waals surface area contributed by atoms with Crippen molar-refractivity contribution in [3.05, 3.63) is 65.2 Å². The summed E-state index contributed by atoms with van der Waals surface area (Å²) in [6, 6.07) is 16.3. The van der Waals surface area contributed by atoms with Gasteiger partial charge in [-0.25, -0.2) is 0 Å². The van der Waals surface area contributed by atoms with Gasteiger partial charge < -0.3 is 10.1 Å². The lowest BCUT2D eigenvalue weighted by Crippen LogP contribution is -2.32. The number of aryl methyl sites for hydroxylation is 1. The first-order valence-electron chi connectivity index (χ1n) is 8.08. The average molecular weight is 339 g/mol. The predicted octanol–water partition coefficient (Wildman–Crippen LogP) is 3.40. The topological polar surface area (TPSA) is 45.6 Å². The standard InChI is InChI=1S/C19H21N3OS/c1-23-16-11-9-14(10-12-16)13-20-19(24)22-21-18-8-4-6-15-5-2-3-7-17(15)18/h2-3,5,7,9-12H,4,6,8,13H2,1H3,(H2,20,22,24)/b21-18-. The Morgan fingerprint density at radius 3 is 2.71 bits per heavy atom. The smallest absolute Gasteiger partial charge is 0.187 e. The van der Waals surface area contributed by atoms with Crippen LogP contribution in [-0.4, -0.2) is 17.9 Å². The summed E-state index contributed by atoms with van der Waals surface area (Å²) in [5, 5.41) is 8.21. The highest BCUT2D eigenvalue weighted by atomic mass is 32.1. The van der Waals surface area contributed by atoms with E-state index in [1.54, 1.807) is 7.11 Å². The van der Waals surface area contributed by atoms with Gasteiger partial charge in [-0.2, -0.15) is 5.10 Å². The van der Waals surface area contributed by atoms with E-state index in [1.807, 2.05) is 24.3 Å². The number of rotatable bonds is 4. The van der Waals surface area contributed by atoms with Crippen molar-refractivity contribution >= 4 is 23.0 Å². The fourth-order valence-corrected chi connectivity index (χ4v) is 2.92. The highest BCUT2D eigenvalue weighted by Crippen LogP contribution is 2.21. The van der Waals surface area contributed by atoms with E-state index in [4.69, 9.17) is 17.0 Å². The predicted molar refractivity (Wildman–Crippen MR) is 101 cm³/mol. The molecule has 2 N–H and O–H groups in total. The molecule has 0 saturated heterocycles. The molecule has 0 atom stereocenters. The maximum atomic E-state index is 5.31. The lowest BCUT2D eigenvalue weighted by atomic mass is 9.90. The highest BCUT2D eigenvalue weighted by molar-refractivity contribution is 7.80. The summed E-state index contributed by atoms with van der Waals surface area (Å²) in [6.45, 7) is 0.650. The Kier molecular flexibility index (Phi) is 5.43. The van der Waals surface area contributed by atoms with Crippen LogP contribution in [0.2, 0.25) is 0 Å². The molecule has 0 unspecified atom stereocenters. The third kappa shape index (κ3) is 4.11. The van der Waals surface area contributed by atoms with Crippen molar-refractivity contribution in [2.75, 3.05) is 7.11 Å². The number of nitrogens with zero attached hydrogens (tertiary/aromatic N) is 1. The summed E-state index contributed by atoms with van der Waals surface area (Å²) in [7, 11) is 1.66. The van der Waals surface area contributed by atoms with Gasteiger partial charge in [-0.15, -0.1) is 0 Å². The molecule has 124 valence electrons. The Balaban J connectivity index is 1.55. The molecule has 24 heavy (non-hydrogen) atoms. The first-order chi connectivity index (χ1) is 11.8. The molecule has 1 aliphatic carbocycles. The normalized spacial score (nSPS) is 14.8. The van der Waals surface area contributed by atoms with Gasteiger partial charge in [0.15, 0.2) is 5.11 Å². The summed E-state index contributed by atoms with van der Waals surface area (Å²) < 4.78 is 5.15. The van der Waals surface area contributed by atoms with E-state index in [0.29, 0.717) is 11.7 Å². The molecule has 5 heteroatoms. The summed E-state index contributed by atoms with van der Waals surface area (Å²) in [6.07, 6.45) is 3.23. The molecular weight excluding hydrogens is 318 g/mol. The monoisotopic (exact) mass is 339 g/mol. The lowest BCUT2D eigenvalue weighted by molar-refractivity contribution is 0.414. The fourth-order valence-electron chi connectivity index (χ4n) is 2.80. The van der Waals surface area contributed by atoms with Crippen molar-refractivity contribution in [2.24, 2.45) is 5.10 Å². The van der Waals surface area contributed by atoms with Crippen molar-refractivity contribution < 1.29 is 4.74 Å². The second-order valence-corrected chi connectivity index (χ2v) is 6.12. The van der Waals surface area contributed by atoms with Gasteiger partial charge in [-0.05, 0) is 54.7 Å². The first-order valence-corrected chi connectivity index (χ1v) is 8.48. The van der Waals surface area contributed by atoms with E-state index < -0.39 is 0 Å². The second kappa shape index (κ2) is 7.93. The maximum Gasteiger partial charge on any atom is 0.187 e. The summed E-state index contributed by atoms with van der Waals surface area (Å²) in [5.74, 6) is 0.849. The van der Waals surface area contributed by atoms with Gasteiger partial charge in [0.1, 0.15) is 5.75 Å². The number of benzene rings is 2. The molecule has 0 bridgehead atoms. The molecule has 1 aliphatic rings. The summed E-state index contributed by atoms with van der Waals surface area (Å²) >= 11 is 5.31. The number of hydrazone groups is 1. The average Bonchev–Trinajstić information content (AvgIpc) is 2.65. The molecule has 0 heterocycles. The largest absolute Gasteiger partial charge is 0.497 e. The molecule has 0 fully saturated rings. The Morgan fingerprint density at radius 2 is 1.92 bits per heavy atom. The Hall–Kier alpha value is -2.40. The van der Waals surface area contributed by atoms with Crippen LogP contribution >= 0.6 is 12.2 Å². The molecule has 0 amide bonds. The lowest BCUT2D eigenvalue weighted by Gasteiger charge is -2.17. The van der Waals surface area contributed by atoms with Gasteiger partial charge in [0.25, 0.3) is 0 Å². The minimum absolute atomic E-state index is 0.529. The molecule has 0 saturated carbocycles. The number of ether oxygens (including phenoxy) is 1. The second-order valence-electron chi connectivity index (χ2n) is 5.71. The van der Waals surface area contributed by atoms with Crippen molar-refractivity contribution in [1.82, 2.24) is 10.7 Å². The minimum Gasteiger partial charge on any atom is -0.497 e. The third-order valence-electron chi connectivity index (χ3n) is 4.09. The van der Waals surface area contributed by atoms with Crippen molar-refractivity contribution in [2.45, 2.75) is 25.8 Å². The van der Waals surface area contributed by atoms with E-state index in [2.05, 4.69) is 40.1 Å². The van der Waals surface area contributed by atoms with E-state index in [1.165, 1.54) is 11.1 Å². The van der Waals surface area contributed by atoms with Crippen molar-refractivity contribution in [3.8, 4) is 5.75 Å². The zero-order chi connectivity index (χ0) is 16.8. The molecule has 4 nitrogen and oxygen atoms in total. The number of fused-ring (bicyclic) bond motifs is 1. The Labute approximate surface area is 147 Å². The van der Waals surface area contributed by atoms with E-state index >= 15 is 0 Å². The van der Waals surface area contributed by atoms with E-state index in [-0.39, 0.29) is 0 Å². The number of hydrogen-bond acceptors (Lipinski definition) is 3. The van der Waals surface area contributed by atoms with Gasteiger partial charge >= 0.3 is 0 Å². The van der Waals surface area contributed by atoms with Crippen LogP contribution in [0.15, 0.2) is 53.6 Å². The Morgan fingerprint density at radius 1 is 1.12 bits per heavy atom. The number of hydrogen-bond donors (Lipinski definition) is 2. The number of nitrogens with one attached hydrogen (secondary N) is 2. The minimum atomic E-state index is 0.529. The highest BCUT2D eigenvalue weighted by Gasteiger charge is 2.14. The van der Waals surface area contributed by atoms with Gasteiger partial charge in [0.05, 0.1) is 12.8 Å². The number of thiocarbonyl (C=S) groups is 1. The van der Waals surface area contributed by atoms with Gasteiger partial charge in [0.2, 0.25) is 0 Å². The number of methoxy groups -OCH3 is 1. The van der Waals surface area contributed by atoms with Gasteiger partial charge in [0, 0.05) is 12.1 Å². The molecule has 0 aliphatic heterocycles. The molecule has 0 radical (unpaired) electrons. The Bertz CT molecular complexity index is 741. The fraction of sp³-hybridized carbons (Fsp3) is 0.263. The third-order valence-corrected chi connectivity index (χ3v) is 4.33. The van der Waals surface area contributed by atoms with Crippen molar-refractivity contribution in [3.63, 3.8) is 0 Å². The van der Waals surface area contributed by atoms with E-state index in [0.717, 1.165) is 36.3 Å². The van der Waals surface area contributed by atoms with Gasteiger partial charge in [-0.3, -0.25) is 5.43 Å². The van der Waals surface area contributed by atoms with Gasteiger partial charge in [-0.1, -0.05) is 36.4 Å². The summed E-state index contributed by atoms with van der Waals surface area (Å²) in [5.41, 5.74) is 7.77. The van der Waals surface area contributed by atoms with Crippen LogP contribution in [0.4, 0.5) is 0 Å². The zero-order valence-electron chi connectivity index (χ0n) is 13.7. The summed E-state index contributed by atoms with van der Waals surface area (Å²) in [4.78, 5) is 0. The SMILES string of the molecule is COc1ccc(CNC(=S)N/N=C2/CCCc3ccccc32)cc1. The van der Waals surface area contributed by atoms with Crippen LogP contribution in [0.1, 0.15) is 29.5 Å². The molecule has 0 spiro atoms. The van der Waals surface area contributed by atoms with E-state index in [9.17, 15) is 0 Å². The maximum absolute atomic E-state index is 5.31. The van der Waals surface area contributed by atoms with Crippen LogP contribution in [0.25, 0.3) is 0 Å². The van der Waals surface area contributed by atoms with Crippen LogP contribution in [0.3, 0.4) is 0 Å². The molecule has 3 rings (SSSR count). The molecule has 2 aromatic rings. The first kappa shape index (κ1) is 16.5. The van der Waals surface area contributed by atoms with Crippen LogP contribution in [-0.2, 0) is 13.0 Å². The quantitative estimate of drug-likeness (QED) is 0.662.